The second kappa shape index (κ2) is 4.05. The van der Waals surface area contributed by atoms with Crippen molar-refractivity contribution in [1.82, 2.24) is 4.98 Å². The second-order valence-corrected chi connectivity index (χ2v) is 6.05. The van der Waals surface area contributed by atoms with Crippen molar-refractivity contribution in [1.29, 1.82) is 0 Å². The first-order valence-electron chi connectivity index (χ1n) is 6.59. The number of hydrogen-bond donors (Lipinski definition) is 0. The monoisotopic (exact) mass is 255 g/mol. The minimum atomic E-state index is -0.345. The highest BCUT2D eigenvalue weighted by Gasteiger charge is 2.51. The quantitative estimate of drug-likeness (QED) is 0.734. The largest absolute Gasteiger partial charge is 0.496 e. The molecule has 1 aliphatic rings. The van der Waals surface area contributed by atoms with Gasteiger partial charge in [0.2, 0.25) is 0 Å². The van der Waals surface area contributed by atoms with Crippen LogP contribution in [0.15, 0.2) is 36.5 Å². The third kappa shape index (κ3) is 2.05. The highest BCUT2D eigenvalue weighted by Crippen LogP contribution is 2.36. The normalized spacial score (nSPS) is 20.9. The van der Waals surface area contributed by atoms with Gasteiger partial charge >= 0.3 is 7.12 Å². The third-order valence-electron chi connectivity index (χ3n) is 4.14. The van der Waals surface area contributed by atoms with Gasteiger partial charge < -0.3 is 9.31 Å². The second-order valence-electron chi connectivity index (χ2n) is 6.05. The van der Waals surface area contributed by atoms with Gasteiger partial charge in [0.05, 0.1) is 16.7 Å². The Bertz CT molecular complexity index is 608. The van der Waals surface area contributed by atoms with Gasteiger partial charge in [-0.15, -0.1) is 0 Å². The summed E-state index contributed by atoms with van der Waals surface area (Å²) in [5.41, 5.74) is 1.33. The predicted molar refractivity (Wildman–Crippen MR) is 77.5 cm³/mol. The van der Waals surface area contributed by atoms with Gasteiger partial charge in [-0.25, -0.2) is 0 Å². The Hall–Kier alpha value is -1.39. The Morgan fingerprint density at radius 3 is 2.32 bits per heavy atom. The van der Waals surface area contributed by atoms with Crippen LogP contribution in [0.4, 0.5) is 0 Å². The summed E-state index contributed by atoms with van der Waals surface area (Å²) < 4.78 is 12.1. The van der Waals surface area contributed by atoms with Crippen molar-refractivity contribution < 1.29 is 9.31 Å². The molecule has 1 saturated heterocycles. The van der Waals surface area contributed by atoms with E-state index in [1.54, 1.807) is 0 Å². The van der Waals surface area contributed by atoms with Crippen LogP contribution in [0.25, 0.3) is 10.9 Å². The molecule has 2 aromatic rings. The minimum absolute atomic E-state index is 0.316. The number of nitrogens with zero attached hydrogens (tertiary/aromatic N) is 1. The third-order valence-corrected chi connectivity index (χ3v) is 4.14. The van der Waals surface area contributed by atoms with E-state index < -0.39 is 0 Å². The lowest BCUT2D eigenvalue weighted by atomic mass is 9.80. The molecule has 1 aromatic carbocycles. The number of hydrogen-bond acceptors (Lipinski definition) is 3. The van der Waals surface area contributed by atoms with Crippen molar-refractivity contribution in [2.24, 2.45) is 0 Å². The van der Waals surface area contributed by atoms with Crippen molar-refractivity contribution in [3.05, 3.63) is 36.5 Å². The fourth-order valence-corrected chi connectivity index (χ4v) is 2.20. The number of rotatable bonds is 1. The molecule has 0 bridgehead atoms. The van der Waals surface area contributed by atoms with Crippen molar-refractivity contribution in [3.63, 3.8) is 0 Å². The number of pyridine rings is 1. The first kappa shape index (κ1) is 12.6. The van der Waals surface area contributed by atoms with Gasteiger partial charge in [-0.1, -0.05) is 24.3 Å². The minimum Gasteiger partial charge on any atom is -0.399 e. The fourth-order valence-electron chi connectivity index (χ4n) is 2.20. The maximum Gasteiger partial charge on any atom is 0.496 e. The SMILES string of the molecule is CC1(C)OB(c2cnc3ccccc3c2)OC1(C)C. The van der Waals surface area contributed by atoms with Crippen LogP contribution in [0, 0.1) is 0 Å². The Morgan fingerprint density at radius 2 is 1.63 bits per heavy atom. The van der Waals surface area contributed by atoms with E-state index in [0.717, 1.165) is 16.4 Å². The maximum absolute atomic E-state index is 6.04. The molecule has 0 aliphatic carbocycles. The Kier molecular flexibility index (Phi) is 2.70. The number of para-hydroxylation sites is 1. The lowest BCUT2D eigenvalue weighted by Gasteiger charge is -2.32. The van der Waals surface area contributed by atoms with Crippen LogP contribution in [0.1, 0.15) is 27.7 Å². The summed E-state index contributed by atoms with van der Waals surface area (Å²) in [6.45, 7) is 8.23. The van der Waals surface area contributed by atoms with Gasteiger partial charge in [-0.3, -0.25) is 4.98 Å². The summed E-state index contributed by atoms with van der Waals surface area (Å²) in [4.78, 5) is 4.46. The zero-order valence-electron chi connectivity index (χ0n) is 11.8. The van der Waals surface area contributed by atoms with Crippen molar-refractivity contribution >= 4 is 23.5 Å². The van der Waals surface area contributed by atoms with Crippen LogP contribution >= 0.6 is 0 Å². The molecule has 1 aromatic heterocycles. The van der Waals surface area contributed by atoms with E-state index in [1.807, 2.05) is 24.4 Å². The summed E-state index contributed by atoms with van der Waals surface area (Å²) in [6.07, 6.45) is 1.84. The van der Waals surface area contributed by atoms with Crippen LogP contribution in [0.3, 0.4) is 0 Å². The Labute approximate surface area is 114 Å². The van der Waals surface area contributed by atoms with Gasteiger partial charge in [0.1, 0.15) is 0 Å². The van der Waals surface area contributed by atoms with E-state index in [-0.39, 0.29) is 18.3 Å². The summed E-state index contributed by atoms with van der Waals surface area (Å²) in [5.74, 6) is 0. The molecule has 0 amide bonds. The van der Waals surface area contributed by atoms with Crippen LogP contribution < -0.4 is 5.46 Å². The average molecular weight is 255 g/mol. The maximum atomic E-state index is 6.04. The van der Waals surface area contributed by atoms with Gasteiger partial charge in [-0.05, 0) is 39.1 Å². The van der Waals surface area contributed by atoms with Crippen LogP contribution in [0.2, 0.25) is 0 Å². The highest BCUT2D eigenvalue weighted by molar-refractivity contribution is 6.62. The van der Waals surface area contributed by atoms with Gasteiger partial charge in [0, 0.05) is 11.7 Å². The molecule has 0 spiro atoms. The summed E-state index contributed by atoms with van der Waals surface area (Å²) in [5, 5.41) is 1.11. The molecule has 0 N–H and O–H groups in total. The summed E-state index contributed by atoms with van der Waals surface area (Å²) >= 11 is 0. The molecule has 1 fully saturated rings. The first-order chi connectivity index (χ1) is 8.89. The van der Waals surface area contributed by atoms with Crippen LogP contribution in [0.5, 0.6) is 0 Å². The molecule has 0 unspecified atom stereocenters. The average Bonchev–Trinajstić information content (AvgIpc) is 2.58. The van der Waals surface area contributed by atoms with E-state index in [9.17, 15) is 0 Å². The first-order valence-corrected chi connectivity index (χ1v) is 6.59. The molecule has 3 nitrogen and oxygen atoms in total. The Morgan fingerprint density at radius 1 is 1.00 bits per heavy atom. The van der Waals surface area contributed by atoms with Crippen LogP contribution in [-0.4, -0.2) is 23.3 Å². The van der Waals surface area contributed by atoms with Crippen molar-refractivity contribution in [2.75, 3.05) is 0 Å². The fraction of sp³-hybridized carbons (Fsp3) is 0.400. The number of aromatic nitrogens is 1. The molecule has 0 saturated carbocycles. The highest BCUT2D eigenvalue weighted by atomic mass is 16.7. The molecule has 4 heteroatoms. The Balaban J connectivity index is 1.98. The standard InChI is InChI=1S/C15H18BNO2/c1-14(2)15(3,4)19-16(18-14)12-9-11-7-5-6-8-13(11)17-10-12/h5-10H,1-4H3. The van der Waals surface area contributed by atoms with E-state index in [1.165, 1.54) is 0 Å². The molecule has 98 valence electrons. The van der Waals surface area contributed by atoms with Gasteiger partial charge in [-0.2, -0.15) is 0 Å². The molecular weight excluding hydrogens is 237 g/mol. The molecule has 2 heterocycles. The topological polar surface area (TPSA) is 31.4 Å². The molecule has 1 aliphatic heterocycles. The molecule has 0 atom stereocenters. The number of benzene rings is 1. The molecule has 3 rings (SSSR count). The van der Waals surface area contributed by atoms with E-state index in [0.29, 0.717) is 0 Å². The molecule has 19 heavy (non-hydrogen) atoms. The van der Waals surface area contributed by atoms with Gasteiger partial charge in [0.25, 0.3) is 0 Å². The van der Waals surface area contributed by atoms with Crippen molar-refractivity contribution in [3.8, 4) is 0 Å². The van der Waals surface area contributed by atoms with E-state index in [2.05, 4.69) is 44.8 Å². The zero-order chi connectivity index (χ0) is 13.7. The lowest BCUT2D eigenvalue weighted by molar-refractivity contribution is 0.00578. The van der Waals surface area contributed by atoms with E-state index >= 15 is 0 Å². The molecular formula is C15H18BNO2. The predicted octanol–water partition coefficient (Wildman–Crippen LogP) is 2.53. The smallest absolute Gasteiger partial charge is 0.399 e. The van der Waals surface area contributed by atoms with Gasteiger partial charge in [0.15, 0.2) is 0 Å². The lowest BCUT2D eigenvalue weighted by Crippen LogP contribution is -2.41. The molecule has 0 radical (unpaired) electrons. The van der Waals surface area contributed by atoms with Crippen molar-refractivity contribution in [2.45, 2.75) is 38.9 Å². The number of fused-ring (bicyclic) bond motifs is 1. The van der Waals surface area contributed by atoms with E-state index in [4.69, 9.17) is 9.31 Å². The summed E-state index contributed by atoms with van der Waals surface area (Å²) in [7, 11) is -0.345. The zero-order valence-corrected chi connectivity index (χ0v) is 11.8. The van der Waals surface area contributed by atoms with Crippen LogP contribution in [-0.2, 0) is 9.31 Å². The summed E-state index contributed by atoms with van der Waals surface area (Å²) in [6, 6.07) is 10.1.